The normalized spacial score (nSPS) is 35.9. The first-order valence-corrected chi connectivity index (χ1v) is 6.97. The van der Waals surface area contributed by atoms with E-state index in [4.69, 9.17) is 0 Å². The van der Waals surface area contributed by atoms with Crippen LogP contribution in [-0.2, 0) is 0 Å². The maximum absolute atomic E-state index is 3.92. The summed E-state index contributed by atoms with van der Waals surface area (Å²) >= 11 is 0. The van der Waals surface area contributed by atoms with Gasteiger partial charge >= 0.3 is 0 Å². The van der Waals surface area contributed by atoms with Gasteiger partial charge in [0.05, 0.1) is 0 Å². The van der Waals surface area contributed by atoms with Crippen molar-refractivity contribution in [3.05, 3.63) is 12.7 Å². The van der Waals surface area contributed by atoms with E-state index in [9.17, 15) is 0 Å². The highest BCUT2D eigenvalue weighted by molar-refractivity contribution is 5.06. The van der Waals surface area contributed by atoms with Crippen molar-refractivity contribution < 1.29 is 0 Å². The van der Waals surface area contributed by atoms with Crippen LogP contribution in [0.1, 0.15) is 40.5 Å². The highest BCUT2D eigenvalue weighted by Crippen LogP contribution is 2.42. The molecule has 1 saturated carbocycles. The van der Waals surface area contributed by atoms with Crippen molar-refractivity contribution in [2.24, 2.45) is 11.3 Å². The van der Waals surface area contributed by atoms with Crippen LogP contribution in [-0.4, -0.2) is 36.1 Å². The number of hydrogen-bond donors (Lipinski definition) is 1. The SMILES string of the molecule is C=CCN1CC(C)(C2CC2)NCC1C(C)(C)C. The first-order chi connectivity index (χ1) is 7.87. The largest absolute Gasteiger partial charge is 0.308 e. The standard InChI is InChI=1S/C15H28N2/c1-6-9-17-11-15(5,12-7-8-12)16-10-13(17)14(2,3)4/h6,12-13,16H,1,7-11H2,2-5H3. The lowest BCUT2D eigenvalue weighted by Gasteiger charge is -2.50. The van der Waals surface area contributed by atoms with E-state index in [1.54, 1.807) is 0 Å². The third-order valence-electron chi connectivity index (χ3n) is 4.51. The molecule has 2 nitrogen and oxygen atoms in total. The fourth-order valence-corrected chi connectivity index (χ4v) is 3.25. The quantitative estimate of drug-likeness (QED) is 0.758. The van der Waals surface area contributed by atoms with Crippen molar-refractivity contribution in [2.75, 3.05) is 19.6 Å². The van der Waals surface area contributed by atoms with Crippen LogP contribution in [0.4, 0.5) is 0 Å². The maximum Gasteiger partial charge on any atom is 0.0309 e. The molecule has 2 heteroatoms. The summed E-state index contributed by atoms with van der Waals surface area (Å²) in [4.78, 5) is 2.63. The molecular weight excluding hydrogens is 208 g/mol. The van der Waals surface area contributed by atoms with Crippen molar-refractivity contribution >= 4 is 0 Å². The summed E-state index contributed by atoms with van der Waals surface area (Å²) in [6.07, 6.45) is 4.87. The summed E-state index contributed by atoms with van der Waals surface area (Å²) in [7, 11) is 0. The molecule has 2 atom stereocenters. The van der Waals surface area contributed by atoms with E-state index in [0.29, 0.717) is 17.0 Å². The number of hydrogen-bond acceptors (Lipinski definition) is 2. The van der Waals surface area contributed by atoms with Crippen LogP contribution >= 0.6 is 0 Å². The summed E-state index contributed by atoms with van der Waals surface area (Å²) in [5, 5.41) is 3.83. The Balaban J connectivity index is 2.09. The number of nitrogens with one attached hydrogen (secondary N) is 1. The third-order valence-corrected chi connectivity index (χ3v) is 4.51. The van der Waals surface area contributed by atoms with Crippen LogP contribution in [0.15, 0.2) is 12.7 Å². The lowest BCUT2D eigenvalue weighted by Crippen LogP contribution is -2.66. The summed E-state index contributed by atoms with van der Waals surface area (Å²) < 4.78 is 0. The third kappa shape index (κ3) is 2.74. The lowest BCUT2D eigenvalue weighted by atomic mass is 9.80. The summed E-state index contributed by atoms with van der Waals surface area (Å²) in [5.74, 6) is 0.899. The van der Waals surface area contributed by atoms with Gasteiger partial charge in [0.15, 0.2) is 0 Å². The predicted octanol–water partition coefficient (Wildman–Crippen LogP) is 2.66. The van der Waals surface area contributed by atoms with E-state index in [-0.39, 0.29) is 0 Å². The molecule has 2 rings (SSSR count). The first kappa shape index (κ1) is 13.1. The van der Waals surface area contributed by atoms with Crippen LogP contribution in [0.5, 0.6) is 0 Å². The summed E-state index contributed by atoms with van der Waals surface area (Å²) in [5.41, 5.74) is 0.672. The first-order valence-electron chi connectivity index (χ1n) is 6.97. The molecule has 1 N–H and O–H groups in total. The molecule has 0 spiro atoms. The second-order valence-corrected chi connectivity index (χ2v) is 7.17. The zero-order valence-electron chi connectivity index (χ0n) is 11.9. The number of nitrogens with zero attached hydrogens (tertiary/aromatic N) is 1. The van der Waals surface area contributed by atoms with Crippen molar-refractivity contribution in [3.8, 4) is 0 Å². The molecule has 17 heavy (non-hydrogen) atoms. The minimum Gasteiger partial charge on any atom is -0.308 e. The highest BCUT2D eigenvalue weighted by atomic mass is 15.3. The van der Waals surface area contributed by atoms with Gasteiger partial charge in [-0.1, -0.05) is 26.8 Å². The van der Waals surface area contributed by atoms with E-state index in [2.05, 4.69) is 50.6 Å². The van der Waals surface area contributed by atoms with Gasteiger partial charge in [-0.2, -0.15) is 0 Å². The lowest BCUT2D eigenvalue weighted by molar-refractivity contribution is 0.0289. The minimum atomic E-state index is 0.334. The van der Waals surface area contributed by atoms with Gasteiger partial charge in [0, 0.05) is 31.2 Å². The molecule has 1 heterocycles. The maximum atomic E-state index is 3.92. The van der Waals surface area contributed by atoms with E-state index in [1.807, 2.05) is 0 Å². The molecule has 1 saturated heterocycles. The Bertz CT molecular complexity index is 288. The average molecular weight is 236 g/mol. The molecule has 0 aromatic carbocycles. The molecule has 98 valence electrons. The second kappa shape index (κ2) is 4.40. The number of rotatable bonds is 3. The van der Waals surface area contributed by atoms with Gasteiger partial charge < -0.3 is 5.32 Å². The molecule has 2 aliphatic rings. The van der Waals surface area contributed by atoms with Crippen molar-refractivity contribution in [3.63, 3.8) is 0 Å². The molecule has 0 aromatic rings. The van der Waals surface area contributed by atoms with E-state index in [0.717, 1.165) is 19.0 Å². The fraction of sp³-hybridized carbons (Fsp3) is 0.867. The van der Waals surface area contributed by atoms with Crippen LogP contribution in [0.3, 0.4) is 0 Å². The van der Waals surface area contributed by atoms with E-state index >= 15 is 0 Å². The van der Waals surface area contributed by atoms with Crippen molar-refractivity contribution in [1.29, 1.82) is 0 Å². The van der Waals surface area contributed by atoms with Gasteiger partial charge in [-0.25, -0.2) is 0 Å². The Morgan fingerprint density at radius 2 is 2.06 bits per heavy atom. The van der Waals surface area contributed by atoms with Crippen LogP contribution < -0.4 is 5.32 Å². The monoisotopic (exact) mass is 236 g/mol. The molecular formula is C15H28N2. The Kier molecular flexibility index (Phi) is 3.39. The van der Waals surface area contributed by atoms with Gasteiger partial charge in [-0.15, -0.1) is 6.58 Å². The van der Waals surface area contributed by atoms with Crippen molar-refractivity contribution in [1.82, 2.24) is 10.2 Å². The zero-order valence-corrected chi connectivity index (χ0v) is 11.9. The molecule has 1 aliphatic carbocycles. The summed E-state index contributed by atoms with van der Waals surface area (Å²) in [6, 6.07) is 0.618. The number of piperazine rings is 1. The Morgan fingerprint density at radius 1 is 1.41 bits per heavy atom. The van der Waals surface area contributed by atoms with Gasteiger partial charge in [0.2, 0.25) is 0 Å². The summed E-state index contributed by atoms with van der Waals surface area (Å²) in [6.45, 7) is 16.7. The molecule has 2 unspecified atom stereocenters. The molecule has 0 radical (unpaired) electrons. The van der Waals surface area contributed by atoms with Gasteiger partial charge in [0.25, 0.3) is 0 Å². The molecule has 0 bridgehead atoms. The fourth-order valence-electron chi connectivity index (χ4n) is 3.25. The van der Waals surface area contributed by atoms with Gasteiger partial charge in [-0.3, -0.25) is 4.90 Å². The topological polar surface area (TPSA) is 15.3 Å². The van der Waals surface area contributed by atoms with E-state index in [1.165, 1.54) is 19.4 Å². The minimum absolute atomic E-state index is 0.334. The molecule has 2 fully saturated rings. The van der Waals surface area contributed by atoms with Crippen molar-refractivity contribution in [2.45, 2.75) is 52.1 Å². The Morgan fingerprint density at radius 3 is 2.53 bits per heavy atom. The Labute approximate surface area is 106 Å². The average Bonchev–Trinajstić information content (AvgIpc) is 2.99. The predicted molar refractivity (Wildman–Crippen MR) is 74.1 cm³/mol. The highest BCUT2D eigenvalue weighted by Gasteiger charge is 2.47. The van der Waals surface area contributed by atoms with Crippen LogP contribution in [0.2, 0.25) is 0 Å². The molecule has 1 aliphatic heterocycles. The zero-order chi connectivity index (χ0) is 12.7. The van der Waals surface area contributed by atoms with Gasteiger partial charge in [-0.05, 0) is 31.1 Å². The molecule has 0 amide bonds. The van der Waals surface area contributed by atoms with Crippen LogP contribution in [0, 0.1) is 11.3 Å². The van der Waals surface area contributed by atoms with E-state index < -0.39 is 0 Å². The second-order valence-electron chi connectivity index (χ2n) is 7.17. The molecule has 0 aromatic heterocycles. The van der Waals surface area contributed by atoms with Gasteiger partial charge in [0.1, 0.15) is 0 Å². The van der Waals surface area contributed by atoms with Crippen LogP contribution in [0.25, 0.3) is 0 Å². The smallest absolute Gasteiger partial charge is 0.0309 e. The Hall–Kier alpha value is -0.340.